The molecule has 0 atom stereocenters. The van der Waals surface area contributed by atoms with Crippen LogP contribution in [0.25, 0.3) is 0 Å². The molecule has 1 aromatic rings. The summed E-state index contributed by atoms with van der Waals surface area (Å²) in [5.74, 6) is 0. The van der Waals surface area contributed by atoms with Crippen molar-refractivity contribution >= 4 is 0 Å². The van der Waals surface area contributed by atoms with Crippen LogP contribution in [0.3, 0.4) is 0 Å². The van der Waals surface area contributed by atoms with Crippen molar-refractivity contribution in [1.29, 1.82) is 0 Å². The summed E-state index contributed by atoms with van der Waals surface area (Å²) in [5.41, 5.74) is 2.02. The molecule has 12 heavy (non-hydrogen) atoms. The maximum atomic E-state index is 8.96. The lowest BCUT2D eigenvalue weighted by Gasteiger charge is -2.05. The summed E-state index contributed by atoms with van der Waals surface area (Å²) < 4.78 is 5.25. The predicted octanol–water partition coefficient (Wildman–Crippen LogP) is 1.72. The van der Waals surface area contributed by atoms with Gasteiger partial charge < -0.3 is 9.84 Å². The van der Waals surface area contributed by atoms with Crippen molar-refractivity contribution in [3.63, 3.8) is 0 Å². The number of aliphatic hydroxyl groups excluding tert-OH is 1. The average molecular weight is 166 g/mol. The molecule has 0 radical (unpaired) electrons. The Bertz CT molecular complexity index is 233. The van der Waals surface area contributed by atoms with Crippen molar-refractivity contribution in [2.75, 3.05) is 6.61 Å². The van der Waals surface area contributed by atoms with Crippen LogP contribution in [0.4, 0.5) is 0 Å². The molecule has 0 aromatic heterocycles. The summed E-state index contributed by atoms with van der Waals surface area (Å²) in [6.07, 6.45) is 0. The van der Waals surface area contributed by atoms with E-state index >= 15 is 0 Å². The summed E-state index contributed by atoms with van der Waals surface area (Å²) in [5, 5.41) is 8.96. The molecule has 0 unspecified atom stereocenters. The highest BCUT2D eigenvalue weighted by molar-refractivity contribution is 5.25. The Morgan fingerprint density at radius 2 is 1.92 bits per heavy atom. The molecule has 1 N–H and O–H groups in total. The zero-order valence-corrected chi connectivity index (χ0v) is 7.29. The highest BCUT2D eigenvalue weighted by Crippen LogP contribution is 2.09. The molecule has 0 bridgehead atoms. The van der Waals surface area contributed by atoms with Crippen molar-refractivity contribution in [2.24, 2.45) is 0 Å². The van der Waals surface area contributed by atoms with Crippen LogP contribution in [0.5, 0.6) is 0 Å². The Kier molecular flexibility index (Phi) is 3.77. The molecular weight excluding hydrogens is 152 g/mol. The Morgan fingerprint density at radius 3 is 2.50 bits per heavy atom. The topological polar surface area (TPSA) is 29.5 Å². The first-order chi connectivity index (χ1) is 5.88. The molecule has 1 rings (SSSR count). The van der Waals surface area contributed by atoms with E-state index < -0.39 is 0 Å². The van der Waals surface area contributed by atoms with E-state index in [4.69, 9.17) is 9.84 Å². The summed E-state index contributed by atoms with van der Waals surface area (Å²) in [7, 11) is 0. The molecule has 0 aliphatic heterocycles. The van der Waals surface area contributed by atoms with Crippen LogP contribution in [0.1, 0.15) is 18.1 Å². The van der Waals surface area contributed by atoms with Gasteiger partial charge in [0.25, 0.3) is 0 Å². The van der Waals surface area contributed by atoms with E-state index in [0.29, 0.717) is 13.2 Å². The minimum atomic E-state index is 0.0866. The van der Waals surface area contributed by atoms with Gasteiger partial charge in [0.1, 0.15) is 0 Å². The number of hydrogen-bond donors (Lipinski definition) is 1. The molecule has 0 amide bonds. The molecule has 1 aromatic carbocycles. The average Bonchev–Trinajstić information content (AvgIpc) is 2.15. The van der Waals surface area contributed by atoms with Gasteiger partial charge in [0.05, 0.1) is 13.2 Å². The van der Waals surface area contributed by atoms with Gasteiger partial charge in [-0.3, -0.25) is 0 Å². The first-order valence-electron chi connectivity index (χ1n) is 4.14. The number of aliphatic hydroxyl groups is 1. The Balaban J connectivity index is 2.68. The zero-order valence-electron chi connectivity index (χ0n) is 7.29. The highest BCUT2D eigenvalue weighted by Gasteiger charge is 1.98. The third-order valence-corrected chi connectivity index (χ3v) is 1.75. The van der Waals surface area contributed by atoms with Crippen molar-refractivity contribution in [3.05, 3.63) is 35.4 Å². The lowest BCUT2D eigenvalue weighted by atomic mass is 10.1. The van der Waals surface area contributed by atoms with Gasteiger partial charge in [-0.05, 0) is 18.1 Å². The number of rotatable bonds is 4. The summed E-state index contributed by atoms with van der Waals surface area (Å²) >= 11 is 0. The summed E-state index contributed by atoms with van der Waals surface area (Å²) in [6, 6.07) is 7.75. The van der Waals surface area contributed by atoms with Gasteiger partial charge in [-0.1, -0.05) is 24.3 Å². The van der Waals surface area contributed by atoms with Crippen molar-refractivity contribution in [3.8, 4) is 0 Å². The molecular formula is C10H14O2. The smallest absolute Gasteiger partial charge is 0.0720 e. The van der Waals surface area contributed by atoms with E-state index in [0.717, 1.165) is 11.1 Å². The minimum absolute atomic E-state index is 0.0866. The molecule has 2 heteroatoms. The second kappa shape index (κ2) is 4.91. The van der Waals surface area contributed by atoms with Crippen LogP contribution in [-0.4, -0.2) is 11.7 Å². The van der Waals surface area contributed by atoms with Gasteiger partial charge in [0.2, 0.25) is 0 Å². The largest absolute Gasteiger partial charge is 0.392 e. The predicted molar refractivity (Wildman–Crippen MR) is 47.7 cm³/mol. The molecule has 0 aliphatic carbocycles. The van der Waals surface area contributed by atoms with Gasteiger partial charge in [0, 0.05) is 6.61 Å². The quantitative estimate of drug-likeness (QED) is 0.738. The fourth-order valence-electron chi connectivity index (χ4n) is 1.06. The van der Waals surface area contributed by atoms with Crippen LogP contribution in [0.2, 0.25) is 0 Å². The molecule has 0 aliphatic rings. The van der Waals surface area contributed by atoms with E-state index in [9.17, 15) is 0 Å². The normalized spacial score (nSPS) is 10.2. The van der Waals surface area contributed by atoms with Crippen molar-refractivity contribution < 1.29 is 9.84 Å². The molecule has 0 spiro atoms. The number of benzene rings is 1. The standard InChI is InChI=1S/C10H14O2/c1-2-12-8-10-6-4-3-5-9(10)7-11/h3-6,11H,2,7-8H2,1H3. The SMILES string of the molecule is CCOCc1ccccc1CO. The van der Waals surface area contributed by atoms with Crippen LogP contribution < -0.4 is 0 Å². The number of ether oxygens (including phenoxy) is 1. The minimum Gasteiger partial charge on any atom is -0.392 e. The molecule has 0 saturated heterocycles. The van der Waals surface area contributed by atoms with E-state index in [1.807, 2.05) is 31.2 Å². The summed E-state index contributed by atoms with van der Waals surface area (Å²) in [6.45, 7) is 3.35. The lowest BCUT2D eigenvalue weighted by molar-refractivity contribution is 0.132. The second-order valence-corrected chi connectivity index (χ2v) is 2.56. The van der Waals surface area contributed by atoms with Crippen LogP contribution >= 0.6 is 0 Å². The van der Waals surface area contributed by atoms with E-state index in [1.165, 1.54) is 0 Å². The van der Waals surface area contributed by atoms with Gasteiger partial charge in [0.15, 0.2) is 0 Å². The molecule has 0 heterocycles. The highest BCUT2D eigenvalue weighted by atomic mass is 16.5. The van der Waals surface area contributed by atoms with Crippen LogP contribution in [-0.2, 0) is 18.0 Å². The number of hydrogen-bond acceptors (Lipinski definition) is 2. The zero-order chi connectivity index (χ0) is 8.81. The third kappa shape index (κ3) is 2.32. The van der Waals surface area contributed by atoms with Crippen LogP contribution in [0.15, 0.2) is 24.3 Å². The molecule has 2 nitrogen and oxygen atoms in total. The Hall–Kier alpha value is -0.860. The maximum absolute atomic E-state index is 8.96. The van der Waals surface area contributed by atoms with Crippen LogP contribution in [0, 0.1) is 0 Å². The van der Waals surface area contributed by atoms with E-state index in [2.05, 4.69) is 0 Å². The lowest BCUT2D eigenvalue weighted by Crippen LogP contribution is -1.97. The van der Waals surface area contributed by atoms with Crippen molar-refractivity contribution in [1.82, 2.24) is 0 Å². The Labute approximate surface area is 72.8 Å². The molecule has 0 fully saturated rings. The Morgan fingerprint density at radius 1 is 1.25 bits per heavy atom. The first-order valence-corrected chi connectivity index (χ1v) is 4.14. The van der Waals surface area contributed by atoms with Gasteiger partial charge >= 0.3 is 0 Å². The monoisotopic (exact) mass is 166 g/mol. The van der Waals surface area contributed by atoms with Gasteiger partial charge in [-0.2, -0.15) is 0 Å². The van der Waals surface area contributed by atoms with Crippen molar-refractivity contribution in [2.45, 2.75) is 20.1 Å². The maximum Gasteiger partial charge on any atom is 0.0720 e. The van der Waals surface area contributed by atoms with E-state index in [1.54, 1.807) is 0 Å². The fraction of sp³-hybridized carbons (Fsp3) is 0.400. The van der Waals surface area contributed by atoms with Gasteiger partial charge in [-0.15, -0.1) is 0 Å². The third-order valence-electron chi connectivity index (χ3n) is 1.75. The first kappa shape index (κ1) is 9.23. The molecule has 0 saturated carbocycles. The fourth-order valence-corrected chi connectivity index (χ4v) is 1.06. The van der Waals surface area contributed by atoms with Gasteiger partial charge in [-0.25, -0.2) is 0 Å². The van der Waals surface area contributed by atoms with E-state index in [-0.39, 0.29) is 6.61 Å². The second-order valence-electron chi connectivity index (χ2n) is 2.56. The summed E-state index contributed by atoms with van der Waals surface area (Å²) in [4.78, 5) is 0. The molecule has 66 valence electrons.